The predicted molar refractivity (Wildman–Crippen MR) is 79.5 cm³/mol. The van der Waals surface area contributed by atoms with E-state index in [2.05, 4.69) is 13.8 Å². The number of hydrogen-bond donors (Lipinski definition) is 1. The van der Waals surface area contributed by atoms with Gasteiger partial charge in [0, 0.05) is 19.5 Å². The summed E-state index contributed by atoms with van der Waals surface area (Å²) < 4.78 is 0. The minimum atomic E-state index is -0.829. The average molecular weight is 283 g/mol. The van der Waals surface area contributed by atoms with Gasteiger partial charge in [0.05, 0.1) is 6.42 Å². The first-order chi connectivity index (χ1) is 9.49. The molecule has 4 heteroatoms. The van der Waals surface area contributed by atoms with Crippen LogP contribution in [0.15, 0.2) is 0 Å². The zero-order chi connectivity index (χ0) is 15.0. The molecule has 1 amide bonds. The van der Waals surface area contributed by atoms with Gasteiger partial charge in [0.15, 0.2) is 0 Å². The van der Waals surface area contributed by atoms with E-state index < -0.39 is 5.97 Å². The molecule has 1 fully saturated rings. The van der Waals surface area contributed by atoms with Crippen molar-refractivity contribution in [2.45, 2.75) is 65.2 Å². The summed E-state index contributed by atoms with van der Waals surface area (Å²) in [6.45, 7) is 5.30. The quantitative estimate of drug-likeness (QED) is 0.743. The summed E-state index contributed by atoms with van der Waals surface area (Å²) in [5.74, 6) is 0.372. The summed E-state index contributed by atoms with van der Waals surface area (Å²) in [5, 5.41) is 8.81. The second-order valence-corrected chi connectivity index (χ2v) is 6.42. The smallest absolute Gasteiger partial charge is 0.305 e. The fourth-order valence-corrected chi connectivity index (χ4v) is 2.77. The van der Waals surface area contributed by atoms with Crippen molar-refractivity contribution in [1.82, 2.24) is 4.90 Å². The fourth-order valence-electron chi connectivity index (χ4n) is 2.77. The van der Waals surface area contributed by atoms with Gasteiger partial charge in [-0.3, -0.25) is 9.59 Å². The lowest BCUT2D eigenvalue weighted by Gasteiger charge is -2.27. The molecule has 0 atom stereocenters. The van der Waals surface area contributed by atoms with Crippen molar-refractivity contribution in [3.63, 3.8) is 0 Å². The second kappa shape index (κ2) is 8.98. The Labute approximate surface area is 122 Å². The predicted octanol–water partition coefficient (Wildman–Crippen LogP) is 3.31. The molecule has 4 nitrogen and oxygen atoms in total. The lowest BCUT2D eigenvalue weighted by atomic mass is 9.86. The van der Waals surface area contributed by atoms with Gasteiger partial charge in [-0.25, -0.2) is 0 Å². The number of carboxylic acid groups (broad SMARTS) is 1. The van der Waals surface area contributed by atoms with Crippen molar-refractivity contribution in [3.8, 4) is 0 Å². The van der Waals surface area contributed by atoms with Crippen molar-refractivity contribution < 1.29 is 14.7 Å². The molecule has 1 aliphatic rings. The van der Waals surface area contributed by atoms with Crippen LogP contribution in [0.2, 0.25) is 0 Å². The van der Waals surface area contributed by atoms with Crippen molar-refractivity contribution in [1.29, 1.82) is 0 Å². The van der Waals surface area contributed by atoms with Crippen LogP contribution in [0.4, 0.5) is 0 Å². The van der Waals surface area contributed by atoms with Gasteiger partial charge in [-0.15, -0.1) is 0 Å². The summed E-state index contributed by atoms with van der Waals surface area (Å²) in [6, 6.07) is 0. The lowest BCUT2D eigenvalue weighted by molar-refractivity contribution is -0.138. The monoisotopic (exact) mass is 283 g/mol. The van der Waals surface area contributed by atoms with Crippen molar-refractivity contribution in [2.24, 2.45) is 11.8 Å². The zero-order valence-electron chi connectivity index (χ0n) is 12.9. The number of carbonyl (C=O) groups excluding carboxylic acids is 1. The number of aliphatic carboxylic acids is 1. The first-order valence-electron chi connectivity index (χ1n) is 7.98. The Bertz CT molecular complexity index is 309. The third-order valence-corrected chi connectivity index (χ3v) is 4.11. The normalized spacial score (nSPS) is 16.4. The Balaban J connectivity index is 2.45. The summed E-state index contributed by atoms with van der Waals surface area (Å²) in [6.07, 6.45) is 7.67. The summed E-state index contributed by atoms with van der Waals surface area (Å²) in [7, 11) is 0. The second-order valence-electron chi connectivity index (χ2n) is 6.42. The van der Waals surface area contributed by atoms with Gasteiger partial charge in [-0.2, -0.15) is 0 Å². The number of carboxylic acids is 1. The van der Waals surface area contributed by atoms with Crippen LogP contribution in [-0.2, 0) is 9.59 Å². The summed E-state index contributed by atoms with van der Waals surface area (Å²) >= 11 is 0. The topological polar surface area (TPSA) is 57.6 Å². The Morgan fingerprint density at radius 3 is 2.35 bits per heavy atom. The highest BCUT2D eigenvalue weighted by Crippen LogP contribution is 2.27. The number of rotatable bonds is 8. The van der Waals surface area contributed by atoms with Crippen LogP contribution in [0, 0.1) is 11.8 Å². The summed E-state index contributed by atoms with van der Waals surface area (Å²) in [5.41, 5.74) is 0. The maximum absolute atomic E-state index is 12.4. The van der Waals surface area contributed by atoms with Gasteiger partial charge in [0.25, 0.3) is 0 Å². The van der Waals surface area contributed by atoms with Crippen LogP contribution in [0.5, 0.6) is 0 Å². The standard InChI is InChI=1S/C16H29NO3/c1-13(2)8-10-17(11-9-16(19)20)15(18)12-14-6-4-3-5-7-14/h13-14H,3-12H2,1-2H3,(H,19,20). The van der Waals surface area contributed by atoms with E-state index in [0.717, 1.165) is 19.3 Å². The molecule has 0 saturated heterocycles. The number of nitrogens with zero attached hydrogens (tertiary/aromatic N) is 1. The Hall–Kier alpha value is -1.06. The molecule has 0 aromatic carbocycles. The highest BCUT2D eigenvalue weighted by molar-refractivity contribution is 5.77. The Morgan fingerprint density at radius 1 is 1.15 bits per heavy atom. The molecule has 0 aliphatic heterocycles. The van der Waals surface area contributed by atoms with Crippen LogP contribution < -0.4 is 0 Å². The molecule has 0 unspecified atom stereocenters. The number of amides is 1. The first-order valence-corrected chi connectivity index (χ1v) is 7.98. The molecule has 1 saturated carbocycles. The molecule has 0 bridgehead atoms. The fraction of sp³-hybridized carbons (Fsp3) is 0.875. The molecule has 0 aromatic rings. The first kappa shape index (κ1) is 17.0. The Morgan fingerprint density at radius 2 is 1.80 bits per heavy atom. The highest BCUT2D eigenvalue weighted by atomic mass is 16.4. The van der Waals surface area contributed by atoms with Crippen LogP contribution >= 0.6 is 0 Å². The molecule has 20 heavy (non-hydrogen) atoms. The number of hydrogen-bond acceptors (Lipinski definition) is 2. The van der Waals surface area contributed by atoms with Crippen LogP contribution in [-0.4, -0.2) is 35.0 Å². The van der Waals surface area contributed by atoms with E-state index in [-0.39, 0.29) is 12.3 Å². The van der Waals surface area contributed by atoms with Gasteiger partial charge in [-0.1, -0.05) is 33.1 Å². The van der Waals surface area contributed by atoms with E-state index in [0.29, 0.717) is 31.3 Å². The van der Waals surface area contributed by atoms with E-state index in [9.17, 15) is 9.59 Å². The van der Waals surface area contributed by atoms with Gasteiger partial charge < -0.3 is 10.0 Å². The van der Waals surface area contributed by atoms with E-state index in [1.165, 1.54) is 19.3 Å². The van der Waals surface area contributed by atoms with Gasteiger partial charge >= 0.3 is 5.97 Å². The van der Waals surface area contributed by atoms with Crippen molar-refractivity contribution in [2.75, 3.05) is 13.1 Å². The van der Waals surface area contributed by atoms with Gasteiger partial charge in [-0.05, 0) is 31.1 Å². The van der Waals surface area contributed by atoms with Crippen LogP contribution in [0.3, 0.4) is 0 Å². The maximum Gasteiger partial charge on any atom is 0.305 e. The SMILES string of the molecule is CC(C)CCN(CCC(=O)O)C(=O)CC1CCCCC1. The molecule has 0 radical (unpaired) electrons. The minimum absolute atomic E-state index is 0.0501. The summed E-state index contributed by atoms with van der Waals surface area (Å²) in [4.78, 5) is 24.9. The molecule has 0 heterocycles. The highest BCUT2D eigenvalue weighted by Gasteiger charge is 2.21. The third kappa shape index (κ3) is 6.92. The molecule has 1 aliphatic carbocycles. The molecule has 1 N–H and O–H groups in total. The minimum Gasteiger partial charge on any atom is -0.481 e. The maximum atomic E-state index is 12.4. The molecule has 116 valence electrons. The third-order valence-electron chi connectivity index (χ3n) is 4.11. The van der Waals surface area contributed by atoms with E-state index in [4.69, 9.17) is 5.11 Å². The van der Waals surface area contributed by atoms with E-state index >= 15 is 0 Å². The van der Waals surface area contributed by atoms with E-state index in [1.54, 1.807) is 4.90 Å². The molecule has 0 spiro atoms. The van der Waals surface area contributed by atoms with E-state index in [1.807, 2.05) is 0 Å². The number of carbonyl (C=O) groups is 2. The van der Waals surface area contributed by atoms with Crippen molar-refractivity contribution in [3.05, 3.63) is 0 Å². The average Bonchev–Trinajstić information content (AvgIpc) is 2.39. The van der Waals surface area contributed by atoms with Crippen LogP contribution in [0.1, 0.15) is 65.2 Å². The molecular weight excluding hydrogens is 254 g/mol. The molecular formula is C16H29NO3. The van der Waals surface area contributed by atoms with Crippen LogP contribution in [0.25, 0.3) is 0 Å². The van der Waals surface area contributed by atoms with Gasteiger partial charge in [0.2, 0.25) is 5.91 Å². The molecule has 0 aromatic heterocycles. The Kier molecular flexibility index (Phi) is 7.63. The van der Waals surface area contributed by atoms with Crippen molar-refractivity contribution >= 4 is 11.9 Å². The lowest BCUT2D eigenvalue weighted by Crippen LogP contribution is -2.35. The largest absolute Gasteiger partial charge is 0.481 e. The van der Waals surface area contributed by atoms with Gasteiger partial charge in [0.1, 0.15) is 0 Å². The zero-order valence-corrected chi connectivity index (χ0v) is 12.9. The molecule has 1 rings (SSSR count).